The summed E-state index contributed by atoms with van der Waals surface area (Å²) in [4.78, 5) is 15.0. The van der Waals surface area contributed by atoms with Crippen molar-refractivity contribution in [2.75, 3.05) is 13.2 Å². The number of fused-ring (bicyclic) bond motifs is 1. The van der Waals surface area contributed by atoms with Gasteiger partial charge in [0.15, 0.2) is 17.4 Å². The molecule has 0 aliphatic carbocycles. The van der Waals surface area contributed by atoms with E-state index >= 15 is 0 Å². The molecule has 1 fully saturated rings. The Morgan fingerprint density at radius 3 is 2.68 bits per heavy atom. The first-order valence-electron chi connectivity index (χ1n) is 10.6. The Balaban J connectivity index is 0.00000432. The Kier molecular flexibility index (Phi) is 7.84. The van der Waals surface area contributed by atoms with E-state index in [4.69, 9.17) is 9.47 Å². The number of nitrogens with zero attached hydrogens (tertiary/aromatic N) is 2. The standard InChI is InChI=1S/C21H25F6N3O4.H2/c1-10(28-11(2)31)21(26,27)7-12-4-5-13(8-32-12)34-20-29-18-14(22)6-15(33-9-16(23)24)17(25)19(18)30(20)3;/h6,10,12-13,16H,4-5,7-9H2,1-3H3,(H,28,31);1H/t10-,12+,13-;/m0./s1. The average Bonchev–Trinajstić information content (AvgIpc) is 3.07. The number of amides is 1. The molecule has 3 atom stereocenters. The zero-order chi connectivity index (χ0) is 25.2. The molecule has 1 aliphatic heterocycles. The quantitative estimate of drug-likeness (QED) is 0.523. The molecule has 3 rings (SSSR count). The van der Waals surface area contributed by atoms with Crippen molar-refractivity contribution in [2.24, 2.45) is 7.05 Å². The third-order valence-corrected chi connectivity index (χ3v) is 5.48. The maximum absolute atomic E-state index is 14.7. The monoisotopic (exact) mass is 499 g/mol. The van der Waals surface area contributed by atoms with E-state index in [-0.39, 0.29) is 31.5 Å². The van der Waals surface area contributed by atoms with Crippen LogP contribution in [0.2, 0.25) is 0 Å². The number of hydrogen-bond donors (Lipinski definition) is 1. The highest BCUT2D eigenvalue weighted by Crippen LogP contribution is 2.34. The van der Waals surface area contributed by atoms with E-state index in [9.17, 15) is 31.1 Å². The SMILES string of the molecule is CC(=O)N[C@@H](C)C(F)(F)C[C@H]1CC[C@H](Oc2nc3c(F)cc(OCC(F)F)c(F)c3n2C)CO1.[HH]. The number of aryl methyl sites for hydroxylation is 1. The third kappa shape index (κ3) is 5.86. The molecule has 34 heavy (non-hydrogen) atoms. The highest BCUT2D eigenvalue weighted by molar-refractivity contribution is 5.80. The van der Waals surface area contributed by atoms with Gasteiger partial charge >= 0.3 is 0 Å². The van der Waals surface area contributed by atoms with Gasteiger partial charge in [0.1, 0.15) is 23.7 Å². The summed E-state index contributed by atoms with van der Waals surface area (Å²) in [6.45, 7) is 1.20. The van der Waals surface area contributed by atoms with Crippen LogP contribution in [0.4, 0.5) is 26.3 Å². The van der Waals surface area contributed by atoms with E-state index in [1.165, 1.54) is 14.0 Å². The maximum atomic E-state index is 14.7. The van der Waals surface area contributed by atoms with Crippen molar-refractivity contribution < 1.29 is 46.8 Å². The second kappa shape index (κ2) is 10.3. The van der Waals surface area contributed by atoms with Gasteiger partial charge in [-0.1, -0.05) is 0 Å². The van der Waals surface area contributed by atoms with Crippen molar-refractivity contribution in [3.05, 3.63) is 17.7 Å². The number of carbonyl (C=O) groups excluding carboxylic acids is 1. The molecule has 192 valence electrons. The molecule has 0 radical (unpaired) electrons. The first-order chi connectivity index (χ1) is 15.9. The van der Waals surface area contributed by atoms with Gasteiger partial charge in [-0.3, -0.25) is 9.36 Å². The summed E-state index contributed by atoms with van der Waals surface area (Å²) in [6, 6.07) is -0.884. The van der Waals surface area contributed by atoms with Crippen LogP contribution >= 0.6 is 0 Å². The van der Waals surface area contributed by atoms with Gasteiger partial charge in [0.2, 0.25) is 5.91 Å². The number of alkyl halides is 4. The molecule has 1 aromatic heterocycles. The lowest BCUT2D eigenvalue weighted by molar-refractivity contribution is -0.130. The van der Waals surface area contributed by atoms with Crippen LogP contribution in [0.25, 0.3) is 11.0 Å². The lowest BCUT2D eigenvalue weighted by Gasteiger charge is -2.33. The lowest BCUT2D eigenvalue weighted by Crippen LogP contribution is -2.47. The minimum atomic E-state index is -3.18. The zero-order valence-electron chi connectivity index (χ0n) is 18.7. The second-order valence-electron chi connectivity index (χ2n) is 8.18. The Bertz CT molecular complexity index is 1030. The molecule has 1 aromatic carbocycles. The first kappa shape index (κ1) is 25.9. The van der Waals surface area contributed by atoms with E-state index in [1.807, 2.05) is 0 Å². The second-order valence-corrected chi connectivity index (χ2v) is 8.18. The van der Waals surface area contributed by atoms with Crippen LogP contribution in [-0.4, -0.2) is 59.3 Å². The fourth-order valence-electron chi connectivity index (χ4n) is 3.70. The van der Waals surface area contributed by atoms with Gasteiger partial charge in [-0.2, -0.15) is 4.98 Å². The van der Waals surface area contributed by atoms with Gasteiger partial charge in [-0.05, 0) is 19.8 Å². The molecule has 2 aromatic rings. The van der Waals surface area contributed by atoms with Crippen LogP contribution in [0.3, 0.4) is 0 Å². The van der Waals surface area contributed by atoms with E-state index in [2.05, 4.69) is 15.0 Å². The predicted octanol–water partition coefficient (Wildman–Crippen LogP) is 4.22. The van der Waals surface area contributed by atoms with Crippen LogP contribution in [0.5, 0.6) is 11.8 Å². The number of hydrogen-bond acceptors (Lipinski definition) is 5. The van der Waals surface area contributed by atoms with Crippen molar-refractivity contribution in [2.45, 2.75) is 63.7 Å². The molecule has 13 heteroatoms. The minimum absolute atomic E-state index is 0. The Morgan fingerprint density at radius 1 is 1.38 bits per heavy atom. The van der Waals surface area contributed by atoms with Gasteiger partial charge in [-0.25, -0.2) is 26.3 Å². The molecule has 1 N–H and O–H groups in total. The van der Waals surface area contributed by atoms with Crippen molar-refractivity contribution in [3.8, 4) is 11.8 Å². The Morgan fingerprint density at radius 2 is 2.09 bits per heavy atom. The van der Waals surface area contributed by atoms with Gasteiger partial charge in [0.25, 0.3) is 18.4 Å². The summed E-state index contributed by atoms with van der Waals surface area (Å²) in [5.41, 5.74) is -0.707. The summed E-state index contributed by atoms with van der Waals surface area (Å²) in [7, 11) is 1.35. The van der Waals surface area contributed by atoms with Crippen molar-refractivity contribution in [3.63, 3.8) is 0 Å². The van der Waals surface area contributed by atoms with E-state index in [0.717, 1.165) is 11.5 Å². The van der Waals surface area contributed by atoms with Crippen LogP contribution < -0.4 is 14.8 Å². The smallest absolute Gasteiger partial charge is 0.297 e. The third-order valence-electron chi connectivity index (χ3n) is 5.48. The molecule has 0 spiro atoms. The zero-order valence-corrected chi connectivity index (χ0v) is 18.7. The molecular weight excluding hydrogens is 472 g/mol. The van der Waals surface area contributed by atoms with Gasteiger partial charge < -0.3 is 19.5 Å². The van der Waals surface area contributed by atoms with Gasteiger partial charge in [0.05, 0.1) is 18.8 Å². The Hall–Kier alpha value is -2.70. The number of carbonyl (C=O) groups is 1. The molecule has 7 nitrogen and oxygen atoms in total. The van der Waals surface area contributed by atoms with Crippen LogP contribution in [0.1, 0.15) is 34.5 Å². The molecule has 0 unspecified atom stereocenters. The first-order valence-corrected chi connectivity index (χ1v) is 10.6. The van der Waals surface area contributed by atoms with Crippen LogP contribution in [0, 0.1) is 11.6 Å². The number of benzene rings is 1. The molecular formula is C21H27F6N3O4. The normalized spacial score (nSPS) is 19.9. The molecule has 1 saturated heterocycles. The number of aromatic nitrogens is 2. The minimum Gasteiger partial charge on any atom is -0.484 e. The number of rotatable bonds is 9. The summed E-state index contributed by atoms with van der Waals surface area (Å²) in [5.74, 6) is -6.48. The molecule has 0 saturated carbocycles. The number of halogens is 6. The molecule has 2 heterocycles. The summed E-state index contributed by atoms with van der Waals surface area (Å²) < 4.78 is 99.4. The summed E-state index contributed by atoms with van der Waals surface area (Å²) >= 11 is 0. The highest BCUT2D eigenvalue weighted by atomic mass is 19.3. The van der Waals surface area contributed by atoms with E-state index in [0.29, 0.717) is 12.5 Å². The average molecular weight is 499 g/mol. The fraction of sp³-hybridized carbons (Fsp3) is 0.619. The number of ether oxygens (including phenoxy) is 3. The molecule has 1 aliphatic rings. The van der Waals surface area contributed by atoms with Crippen LogP contribution in [0.15, 0.2) is 6.07 Å². The number of nitrogens with one attached hydrogen (secondary N) is 1. The maximum Gasteiger partial charge on any atom is 0.297 e. The van der Waals surface area contributed by atoms with Crippen molar-refractivity contribution in [1.29, 1.82) is 0 Å². The fourth-order valence-corrected chi connectivity index (χ4v) is 3.70. The van der Waals surface area contributed by atoms with Gasteiger partial charge in [-0.15, -0.1) is 0 Å². The summed E-state index contributed by atoms with van der Waals surface area (Å²) in [6.07, 6.45) is -4.31. The Labute approximate surface area is 192 Å². The predicted molar refractivity (Wildman–Crippen MR) is 110 cm³/mol. The van der Waals surface area contributed by atoms with Crippen LogP contribution in [-0.2, 0) is 16.6 Å². The topological polar surface area (TPSA) is 74.6 Å². The molecule has 1 amide bonds. The van der Waals surface area contributed by atoms with E-state index in [1.54, 1.807) is 0 Å². The highest BCUT2D eigenvalue weighted by Gasteiger charge is 2.41. The van der Waals surface area contributed by atoms with Crippen molar-refractivity contribution >= 4 is 16.9 Å². The van der Waals surface area contributed by atoms with Crippen molar-refractivity contribution in [1.82, 2.24) is 14.9 Å². The van der Waals surface area contributed by atoms with E-state index < -0.39 is 66.9 Å². The van der Waals surface area contributed by atoms with Gasteiger partial charge in [0, 0.05) is 27.9 Å². The lowest BCUT2D eigenvalue weighted by atomic mass is 9.98. The number of imidazole rings is 1. The molecule has 0 bridgehead atoms. The summed E-state index contributed by atoms with van der Waals surface area (Å²) in [5, 5.41) is 2.17. The largest absolute Gasteiger partial charge is 0.484 e.